The van der Waals surface area contributed by atoms with Crippen LogP contribution in [0.3, 0.4) is 0 Å². The minimum absolute atomic E-state index is 0.428. The lowest BCUT2D eigenvalue weighted by Gasteiger charge is -2.32. The van der Waals surface area contributed by atoms with Crippen molar-refractivity contribution in [2.75, 3.05) is 13.1 Å². The molecule has 0 radical (unpaired) electrons. The zero-order valence-electron chi connectivity index (χ0n) is 10.8. The minimum Gasteiger partial charge on any atom is -0.330 e. The highest BCUT2D eigenvalue weighted by Gasteiger charge is 2.37. The van der Waals surface area contributed by atoms with E-state index in [0.717, 1.165) is 18.5 Å². The zero-order valence-corrected chi connectivity index (χ0v) is 10.8. The Morgan fingerprint density at radius 1 is 1.19 bits per heavy atom. The van der Waals surface area contributed by atoms with Crippen LogP contribution in [0, 0.1) is 11.3 Å². The van der Waals surface area contributed by atoms with Crippen molar-refractivity contribution in [2.24, 2.45) is 17.1 Å². The summed E-state index contributed by atoms with van der Waals surface area (Å²) in [5.74, 6) is 0.959. The monoisotopic (exact) mass is 224 g/mol. The smallest absolute Gasteiger partial charge is 0.00992 e. The summed E-state index contributed by atoms with van der Waals surface area (Å²) in [6.07, 6.45) is 11.1. The van der Waals surface area contributed by atoms with Gasteiger partial charge in [-0.15, -0.1) is 0 Å². The fraction of sp³-hybridized carbons (Fsp3) is 1.00. The first-order valence-corrected chi connectivity index (χ1v) is 7.23. The normalized spacial score (nSPS) is 33.4. The Hall–Kier alpha value is -0.0800. The Kier molecular flexibility index (Phi) is 4.26. The van der Waals surface area contributed by atoms with Gasteiger partial charge in [-0.05, 0) is 37.1 Å². The average molecular weight is 224 g/mol. The van der Waals surface area contributed by atoms with Gasteiger partial charge in [-0.25, -0.2) is 0 Å². The highest BCUT2D eigenvalue weighted by molar-refractivity contribution is 4.95. The second-order valence-electron chi connectivity index (χ2n) is 6.01. The molecule has 2 aliphatic carbocycles. The molecule has 0 heterocycles. The third-order valence-corrected chi connectivity index (χ3v) is 4.78. The van der Waals surface area contributed by atoms with E-state index in [9.17, 15) is 0 Å². The second kappa shape index (κ2) is 5.50. The highest BCUT2D eigenvalue weighted by Crippen LogP contribution is 2.37. The quantitative estimate of drug-likeness (QED) is 0.705. The first-order chi connectivity index (χ1) is 7.79. The molecule has 16 heavy (non-hydrogen) atoms. The molecule has 94 valence electrons. The first-order valence-electron chi connectivity index (χ1n) is 7.23. The van der Waals surface area contributed by atoms with Gasteiger partial charge in [0.05, 0.1) is 0 Å². The summed E-state index contributed by atoms with van der Waals surface area (Å²) in [6, 6.07) is 0.816. The lowest BCUT2D eigenvalue weighted by Crippen LogP contribution is -2.41. The van der Waals surface area contributed by atoms with E-state index in [1.807, 2.05) is 0 Å². The van der Waals surface area contributed by atoms with Crippen LogP contribution >= 0.6 is 0 Å². The maximum absolute atomic E-state index is 6.04. The number of nitrogens with one attached hydrogen (secondary N) is 1. The van der Waals surface area contributed by atoms with E-state index in [1.165, 1.54) is 57.9 Å². The Balaban J connectivity index is 1.79. The Morgan fingerprint density at radius 2 is 1.88 bits per heavy atom. The summed E-state index contributed by atoms with van der Waals surface area (Å²) in [5, 5.41) is 3.77. The van der Waals surface area contributed by atoms with E-state index >= 15 is 0 Å². The molecule has 2 rings (SSSR count). The molecule has 2 heteroatoms. The molecule has 2 unspecified atom stereocenters. The summed E-state index contributed by atoms with van der Waals surface area (Å²) in [4.78, 5) is 0. The van der Waals surface area contributed by atoms with Gasteiger partial charge in [0.15, 0.2) is 0 Å². The van der Waals surface area contributed by atoms with E-state index in [4.69, 9.17) is 5.73 Å². The van der Waals surface area contributed by atoms with Crippen molar-refractivity contribution >= 4 is 0 Å². The van der Waals surface area contributed by atoms with E-state index in [0.29, 0.717) is 5.41 Å². The van der Waals surface area contributed by atoms with Gasteiger partial charge in [-0.1, -0.05) is 39.0 Å². The second-order valence-corrected chi connectivity index (χ2v) is 6.01. The molecular formula is C14H28N2. The van der Waals surface area contributed by atoms with Crippen LogP contribution in [0.15, 0.2) is 0 Å². The van der Waals surface area contributed by atoms with Crippen molar-refractivity contribution in [2.45, 2.75) is 64.3 Å². The molecule has 2 nitrogen and oxygen atoms in total. The van der Waals surface area contributed by atoms with Crippen LogP contribution in [-0.2, 0) is 0 Å². The van der Waals surface area contributed by atoms with Crippen molar-refractivity contribution in [1.29, 1.82) is 0 Å². The third kappa shape index (κ3) is 2.98. The van der Waals surface area contributed by atoms with Crippen molar-refractivity contribution < 1.29 is 0 Å². The fourth-order valence-electron chi connectivity index (χ4n) is 3.23. The van der Waals surface area contributed by atoms with Crippen LogP contribution in [0.1, 0.15) is 58.3 Å². The molecular weight excluding hydrogens is 196 g/mol. The number of nitrogens with two attached hydrogens (primary N) is 1. The van der Waals surface area contributed by atoms with Gasteiger partial charge < -0.3 is 11.1 Å². The SMILES string of the molecule is CCC1CC1NCC1(CN)CCCCCC1. The summed E-state index contributed by atoms with van der Waals surface area (Å²) in [7, 11) is 0. The van der Waals surface area contributed by atoms with Crippen LogP contribution in [0.5, 0.6) is 0 Å². The van der Waals surface area contributed by atoms with E-state index in [-0.39, 0.29) is 0 Å². The molecule has 0 aromatic rings. The molecule has 2 fully saturated rings. The largest absolute Gasteiger partial charge is 0.330 e. The lowest BCUT2D eigenvalue weighted by atomic mass is 9.80. The molecule has 0 aliphatic heterocycles. The first kappa shape index (κ1) is 12.4. The van der Waals surface area contributed by atoms with Crippen LogP contribution in [-0.4, -0.2) is 19.1 Å². The summed E-state index contributed by atoms with van der Waals surface area (Å²) in [6.45, 7) is 4.35. The molecule has 2 atom stereocenters. The average Bonchev–Trinajstić information content (AvgIpc) is 3.10. The lowest BCUT2D eigenvalue weighted by molar-refractivity contribution is 0.240. The summed E-state index contributed by atoms with van der Waals surface area (Å²) in [5.41, 5.74) is 6.47. The Bertz CT molecular complexity index is 207. The Labute approximate surface area is 100 Å². The highest BCUT2D eigenvalue weighted by atomic mass is 15.0. The molecule has 0 amide bonds. The molecule has 0 bridgehead atoms. The molecule has 0 spiro atoms. The number of hydrogen-bond donors (Lipinski definition) is 2. The van der Waals surface area contributed by atoms with Crippen LogP contribution < -0.4 is 11.1 Å². The molecule has 0 aromatic heterocycles. The van der Waals surface area contributed by atoms with Crippen LogP contribution in [0.4, 0.5) is 0 Å². The van der Waals surface area contributed by atoms with Gasteiger partial charge >= 0.3 is 0 Å². The van der Waals surface area contributed by atoms with E-state index < -0.39 is 0 Å². The zero-order chi connectivity index (χ0) is 11.4. The topological polar surface area (TPSA) is 38.0 Å². The summed E-state index contributed by atoms with van der Waals surface area (Å²) < 4.78 is 0. The fourth-order valence-corrected chi connectivity index (χ4v) is 3.23. The van der Waals surface area contributed by atoms with Gasteiger partial charge in [-0.2, -0.15) is 0 Å². The molecule has 2 aliphatic rings. The molecule has 3 N–H and O–H groups in total. The summed E-state index contributed by atoms with van der Waals surface area (Å²) >= 11 is 0. The van der Waals surface area contributed by atoms with Gasteiger partial charge in [0, 0.05) is 12.6 Å². The van der Waals surface area contributed by atoms with Crippen LogP contribution in [0.25, 0.3) is 0 Å². The van der Waals surface area contributed by atoms with Gasteiger partial charge in [0.2, 0.25) is 0 Å². The van der Waals surface area contributed by atoms with E-state index in [2.05, 4.69) is 12.2 Å². The van der Waals surface area contributed by atoms with E-state index in [1.54, 1.807) is 0 Å². The number of rotatable bonds is 5. The van der Waals surface area contributed by atoms with Gasteiger partial charge in [-0.3, -0.25) is 0 Å². The van der Waals surface area contributed by atoms with Crippen molar-refractivity contribution in [3.8, 4) is 0 Å². The van der Waals surface area contributed by atoms with Crippen molar-refractivity contribution in [3.63, 3.8) is 0 Å². The third-order valence-electron chi connectivity index (χ3n) is 4.78. The maximum atomic E-state index is 6.04. The standard InChI is InChI=1S/C14H28N2/c1-2-12-9-13(12)16-11-14(10-15)7-5-3-4-6-8-14/h12-13,16H,2-11,15H2,1H3. The predicted molar refractivity (Wildman–Crippen MR) is 69.4 cm³/mol. The maximum Gasteiger partial charge on any atom is 0.00992 e. The van der Waals surface area contributed by atoms with Crippen molar-refractivity contribution in [3.05, 3.63) is 0 Å². The molecule has 2 saturated carbocycles. The van der Waals surface area contributed by atoms with Gasteiger partial charge in [0.25, 0.3) is 0 Å². The molecule has 0 saturated heterocycles. The molecule has 0 aromatic carbocycles. The number of hydrogen-bond acceptors (Lipinski definition) is 2. The van der Waals surface area contributed by atoms with Crippen molar-refractivity contribution in [1.82, 2.24) is 5.32 Å². The van der Waals surface area contributed by atoms with Gasteiger partial charge in [0.1, 0.15) is 0 Å². The Morgan fingerprint density at radius 3 is 2.38 bits per heavy atom. The predicted octanol–water partition coefficient (Wildman–Crippen LogP) is 2.67. The van der Waals surface area contributed by atoms with Crippen LogP contribution in [0.2, 0.25) is 0 Å². The minimum atomic E-state index is 0.428.